The Morgan fingerprint density at radius 3 is 2.28 bits per heavy atom. The third-order valence-electron chi connectivity index (χ3n) is 3.55. The first kappa shape index (κ1) is 14.9. The molecule has 4 rings (SSSR count). The van der Waals surface area contributed by atoms with Gasteiger partial charge in [-0.15, -0.1) is 0 Å². The van der Waals surface area contributed by atoms with Crippen LogP contribution in [-0.2, 0) is 0 Å². The summed E-state index contributed by atoms with van der Waals surface area (Å²) in [7, 11) is 0. The normalized spacial score (nSPS) is 10.4. The third-order valence-corrected chi connectivity index (χ3v) is 3.55. The minimum Gasteiger partial charge on any atom is -0.325 e. The molecule has 0 saturated carbocycles. The van der Waals surface area contributed by atoms with Crippen LogP contribution < -0.4 is 5.32 Å². The first-order valence-corrected chi connectivity index (χ1v) is 7.76. The van der Waals surface area contributed by atoms with Crippen LogP contribution in [0, 0.1) is 0 Å². The van der Waals surface area contributed by atoms with Crippen molar-refractivity contribution in [3.05, 3.63) is 79.5 Å². The maximum atomic E-state index is 4.55. The van der Waals surface area contributed by atoms with Crippen LogP contribution in [0.4, 0.5) is 11.6 Å². The molecule has 4 aromatic rings. The summed E-state index contributed by atoms with van der Waals surface area (Å²) in [6.07, 6.45) is 8.53. The Morgan fingerprint density at radius 1 is 0.600 bits per heavy atom. The van der Waals surface area contributed by atoms with E-state index in [0.29, 0.717) is 11.6 Å². The molecule has 0 atom stereocenters. The molecule has 0 bridgehead atoms. The Kier molecular flexibility index (Phi) is 4.07. The summed E-state index contributed by atoms with van der Waals surface area (Å²) >= 11 is 0. The summed E-state index contributed by atoms with van der Waals surface area (Å²) < 4.78 is 0. The molecule has 4 heterocycles. The van der Waals surface area contributed by atoms with Crippen LogP contribution in [0.3, 0.4) is 0 Å². The molecule has 0 saturated heterocycles. The van der Waals surface area contributed by atoms with Gasteiger partial charge in [-0.1, -0.05) is 12.1 Å². The zero-order valence-corrected chi connectivity index (χ0v) is 13.2. The zero-order chi connectivity index (χ0) is 16.9. The number of aromatic nitrogens is 5. The highest BCUT2D eigenvalue weighted by molar-refractivity contribution is 5.62. The van der Waals surface area contributed by atoms with Crippen LogP contribution in [0.15, 0.2) is 79.5 Å². The fraction of sp³-hybridized carbons (Fsp3) is 0. The Morgan fingerprint density at radius 2 is 1.52 bits per heavy atom. The zero-order valence-electron chi connectivity index (χ0n) is 13.2. The van der Waals surface area contributed by atoms with Crippen LogP contribution in [0.1, 0.15) is 0 Å². The summed E-state index contributed by atoms with van der Waals surface area (Å²) in [5.41, 5.74) is 3.34. The van der Waals surface area contributed by atoms with Crippen LogP contribution in [0.25, 0.3) is 22.6 Å². The predicted molar refractivity (Wildman–Crippen MR) is 96.0 cm³/mol. The fourth-order valence-corrected chi connectivity index (χ4v) is 2.36. The van der Waals surface area contributed by atoms with Gasteiger partial charge in [-0.05, 0) is 36.4 Å². The van der Waals surface area contributed by atoms with Crippen molar-refractivity contribution < 1.29 is 0 Å². The van der Waals surface area contributed by atoms with Crippen molar-refractivity contribution in [3.63, 3.8) is 0 Å². The lowest BCUT2D eigenvalue weighted by atomic mass is 10.2. The predicted octanol–water partition coefficient (Wildman–Crippen LogP) is 3.74. The van der Waals surface area contributed by atoms with Gasteiger partial charge in [0, 0.05) is 30.4 Å². The lowest BCUT2D eigenvalue weighted by molar-refractivity contribution is 1.17. The number of anilines is 2. The SMILES string of the molecule is c1ccc(-c2ccc(Nc3cccc(-c4cnccn4)n3)nc2)nc1. The molecule has 0 amide bonds. The van der Waals surface area contributed by atoms with Crippen LogP contribution in [0.2, 0.25) is 0 Å². The van der Waals surface area contributed by atoms with Crippen molar-refractivity contribution in [2.24, 2.45) is 0 Å². The molecular formula is C19H14N6. The molecule has 25 heavy (non-hydrogen) atoms. The van der Waals surface area contributed by atoms with E-state index in [1.54, 1.807) is 31.0 Å². The molecule has 6 heteroatoms. The van der Waals surface area contributed by atoms with E-state index in [-0.39, 0.29) is 0 Å². The van der Waals surface area contributed by atoms with E-state index < -0.39 is 0 Å². The van der Waals surface area contributed by atoms with Gasteiger partial charge in [-0.3, -0.25) is 15.0 Å². The van der Waals surface area contributed by atoms with Gasteiger partial charge in [0.15, 0.2) is 0 Å². The lowest BCUT2D eigenvalue weighted by Gasteiger charge is -2.07. The van der Waals surface area contributed by atoms with E-state index in [4.69, 9.17) is 0 Å². The molecule has 1 N–H and O–H groups in total. The van der Waals surface area contributed by atoms with Crippen molar-refractivity contribution in [1.82, 2.24) is 24.9 Å². The first-order valence-electron chi connectivity index (χ1n) is 7.76. The fourth-order valence-electron chi connectivity index (χ4n) is 2.36. The molecule has 0 aromatic carbocycles. The third kappa shape index (κ3) is 3.48. The Balaban J connectivity index is 1.55. The number of rotatable bonds is 4. The lowest BCUT2D eigenvalue weighted by Crippen LogP contribution is -1.97. The van der Waals surface area contributed by atoms with E-state index in [0.717, 1.165) is 22.6 Å². The van der Waals surface area contributed by atoms with Crippen LogP contribution >= 0.6 is 0 Å². The summed E-state index contributed by atoms with van der Waals surface area (Å²) in [6, 6.07) is 15.4. The number of hydrogen-bond donors (Lipinski definition) is 1. The summed E-state index contributed by atoms with van der Waals surface area (Å²) in [4.78, 5) is 21.6. The second-order valence-electron chi connectivity index (χ2n) is 5.27. The average Bonchev–Trinajstić information content (AvgIpc) is 2.70. The molecule has 0 unspecified atom stereocenters. The van der Waals surface area contributed by atoms with E-state index in [1.807, 2.05) is 48.5 Å². The molecule has 0 aliphatic rings. The first-order chi connectivity index (χ1) is 12.4. The van der Waals surface area contributed by atoms with E-state index in [1.165, 1.54) is 0 Å². The molecule has 0 spiro atoms. The van der Waals surface area contributed by atoms with Crippen LogP contribution in [-0.4, -0.2) is 24.9 Å². The molecular weight excluding hydrogens is 312 g/mol. The molecule has 6 nitrogen and oxygen atoms in total. The minimum atomic E-state index is 0.696. The Bertz CT molecular complexity index is 956. The monoisotopic (exact) mass is 326 g/mol. The largest absolute Gasteiger partial charge is 0.325 e. The average molecular weight is 326 g/mol. The van der Waals surface area contributed by atoms with Crippen LogP contribution in [0.5, 0.6) is 0 Å². The Hall–Kier alpha value is -3.67. The van der Waals surface area contributed by atoms with Crippen molar-refractivity contribution in [2.75, 3.05) is 5.32 Å². The minimum absolute atomic E-state index is 0.696. The number of hydrogen-bond acceptors (Lipinski definition) is 6. The van der Waals surface area contributed by atoms with Crippen molar-refractivity contribution in [1.29, 1.82) is 0 Å². The van der Waals surface area contributed by atoms with Crippen molar-refractivity contribution in [3.8, 4) is 22.6 Å². The standard InChI is InChI=1S/C19H14N6/c1-2-9-21-15(4-1)14-7-8-18(23-12-14)25-19-6-3-5-16(24-19)17-13-20-10-11-22-17/h1-13H,(H,23,24,25). The van der Waals surface area contributed by atoms with Crippen molar-refractivity contribution >= 4 is 11.6 Å². The second kappa shape index (κ2) is 6.84. The van der Waals surface area contributed by atoms with E-state index in [2.05, 4.69) is 30.2 Å². The van der Waals surface area contributed by atoms with Gasteiger partial charge in [0.2, 0.25) is 0 Å². The molecule has 120 valence electrons. The highest BCUT2D eigenvalue weighted by Gasteiger charge is 2.04. The summed E-state index contributed by atoms with van der Waals surface area (Å²) in [5.74, 6) is 1.41. The van der Waals surface area contributed by atoms with Gasteiger partial charge in [-0.2, -0.15) is 0 Å². The number of pyridine rings is 3. The molecule has 0 fully saturated rings. The maximum absolute atomic E-state index is 4.55. The maximum Gasteiger partial charge on any atom is 0.132 e. The quantitative estimate of drug-likeness (QED) is 0.615. The van der Waals surface area contributed by atoms with E-state index in [9.17, 15) is 0 Å². The topological polar surface area (TPSA) is 76.5 Å². The van der Waals surface area contributed by atoms with Gasteiger partial charge in [0.05, 0.1) is 17.6 Å². The number of nitrogens with zero attached hydrogens (tertiary/aromatic N) is 5. The van der Waals surface area contributed by atoms with E-state index >= 15 is 0 Å². The second-order valence-corrected chi connectivity index (χ2v) is 5.27. The van der Waals surface area contributed by atoms with Gasteiger partial charge in [0.1, 0.15) is 17.3 Å². The van der Waals surface area contributed by atoms with Gasteiger partial charge in [-0.25, -0.2) is 9.97 Å². The molecule has 0 radical (unpaired) electrons. The summed E-state index contributed by atoms with van der Waals surface area (Å²) in [5, 5.41) is 3.20. The van der Waals surface area contributed by atoms with Crippen molar-refractivity contribution in [2.45, 2.75) is 0 Å². The van der Waals surface area contributed by atoms with Gasteiger partial charge >= 0.3 is 0 Å². The number of nitrogens with one attached hydrogen (secondary N) is 1. The van der Waals surface area contributed by atoms with Gasteiger partial charge < -0.3 is 5.32 Å². The molecule has 4 aromatic heterocycles. The van der Waals surface area contributed by atoms with Gasteiger partial charge in [0.25, 0.3) is 0 Å². The smallest absolute Gasteiger partial charge is 0.132 e. The highest BCUT2D eigenvalue weighted by atomic mass is 15.1. The molecule has 0 aliphatic heterocycles. The Labute approximate surface area is 144 Å². The summed E-state index contributed by atoms with van der Waals surface area (Å²) in [6.45, 7) is 0. The highest BCUT2D eigenvalue weighted by Crippen LogP contribution is 2.20. The molecule has 0 aliphatic carbocycles.